The van der Waals surface area contributed by atoms with Crippen LogP contribution < -0.4 is 5.32 Å². The molecule has 0 bridgehead atoms. The predicted octanol–water partition coefficient (Wildman–Crippen LogP) is 3.46. The molecule has 1 amide bonds. The van der Waals surface area contributed by atoms with E-state index in [0.29, 0.717) is 23.3 Å². The van der Waals surface area contributed by atoms with Gasteiger partial charge in [-0.1, -0.05) is 12.1 Å². The Morgan fingerprint density at radius 2 is 1.72 bits per heavy atom. The molecular formula is C20H14N2O7. The van der Waals surface area contributed by atoms with E-state index < -0.39 is 23.4 Å². The molecule has 1 aromatic heterocycles. The van der Waals surface area contributed by atoms with Crippen LogP contribution in [-0.2, 0) is 9.53 Å². The number of amides is 1. The van der Waals surface area contributed by atoms with Crippen LogP contribution in [0.5, 0.6) is 0 Å². The number of esters is 1. The summed E-state index contributed by atoms with van der Waals surface area (Å²) in [6, 6.07) is 14.7. The quantitative estimate of drug-likeness (QED) is 0.281. The average Bonchev–Trinajstić information content (AvgIpc) is 3.22. The molecule has 0 aliphatic carbocycles. The number of nitrogens with one attached hydrogen (secondary N) is 1. The Balaban J connectivity index is 1.53. The summed E-state index contributed by atoms with van der Waals surface area (Å²) in [4.78, 5) is 44.7. The van der Waals surface area contributed by atoms with Crippen molar-refractivity contribution in [3.05, 3.63) is 82.1 Å². The zero-order valence-electron chi connectivity index (χ0n) is 14.9. The number of hydrogen-bond acceptors (Lipinski definition) is 7. The Morgan fingerprint density at radius 3 is 2.31 bits per heavy atom. The molecule has 2 aromatic carbocycles. The van der Waals surface area contributed by atoms with E-state index in [1.165, 1.54) is 42.5 Å². The maximum absolute atomic E-state index is 12.1. The van der Waals surface area contributed by atoms with E-state index in [2.05, 4.69) is 5.32 Å². The van der Waals surface area contributed by atoms with E-state index >= 15 is 0 Å². The lowest BCUT2D eigenvalue weighted by Crippen LogP contribution is -2.20. The van der Waals surface area contributed by atoms with Crippen LogP contribution in [0.15, 0.2) is 65.1 Å². The van der Waals surface area contributed by atoms with Crippen LogP contribution in [0.25, 0.3) is 11.3 Å². The van der Waals surface area contributed by atoms with Gasteiger partial charge in [-0.05, 0) is 36.4 Å². The summed E-state index contributed by atoms with van der Waals surface area (Å²) in [7, 11) is 0. The van der Waals surface area contributed by atoms with Gasteiger partial charge in [0.1, 0.15) is 5.76 Å². The lowest BCUT2D eigenvalue weighted by molar-refractivity contribution is -0.384. The second-order valence-corrected chi connectivity index (χ2v) is 5.83. The Morgan fingerprint density at radius 1 is 1.03 bits per heavy atom. The maximum atomic E-state index is 12.1. The molecule has 0 radical (unpaired) electrons. The first-order valence-corrected chi connectivity index (χ1v) is 8.33. The number of carbonyl (C=O) groups is 3. The number of nitro benzene ring substituents is 1. The summed E-state index contributed by atoms with van der Waals surface area (Å²) in [5, 5.41) is 13.1. The number of furan rings is 1. The largest absolute Gasteiger partial charge is 0.453 e. The minimum atomic E-state index is -0.691. The molecule has 29 heavy (non-hydrogen) atoms. The van der Waals surface area contributed by atoms with Crippen LogP contribution in [0, 0.1) is 10.1 Å². The first-order chi connectivity index (χ1) is 14.0. The Kier molecular flexibility index (Phi) is 5.79. The summed E-state index contributed by atoms with van der Waals surface area (Å²) >= 11 is 0. The molecule has 0 fully saturated rings. The molecule has 0 saturated heterocycles. The van der Waals surface area contributed by atoms with Crippen molar-refractivity contribution in [3.63, 3.8) is 0 Å². The van der Waals surface area contributed by atoms with Gasteiger partial charge in [0.2, 0.25) is 0 Å². The van der Waals surface area contributed by atoms with Gasteiger partial charge in [-0.15, -0.1) is 0 Å². The van der Waals surface area contributed by atoms with Gasteiger partial charge in [-0.2, -0.15) is 0 Å². The first-order valence-electron chi connectivity index (χ1n) is 8.33. The van der Waals surface area contributed by atoms with Crippen LogP contribution in [-0.4, -0.2) is 29.7 Å². The van der Waals surface area contributed by atoms with Crippen molar-refractivity contribution < 1.29 is 28.5 Å². The van der Waals surface area contributed by atoms with Crippen LogP contribution in [0.3, 0.4) is 0 Å². The second kappa shape index (κ2) is 8.61. The number of anilines is 1. The summed E-state index contributed by atoms with van der Waals surface area (Å²) in [5.74, 6) is -0.596. The zero-order chi connectivity index (χ0) is 20.8. The monoisotopic (exact) mass is 394 g/mol. The van der Waals surface area contributed by atoms with Gasteiger partial charge in [0.05, 0.1) is 10.5 Å². The summed E-state index contributed by atoms with van der Waals surface area (Å²) in [6.45, 7) is -0.515. The van der Waals surface area contributed by atoms with Gasteiger partial charge in [0.15, 0.2) is 18.7 Å². The number of benzene rings is 2. The SMILES string of the molecule is O=Cc1ccc(-c2ccc(C(=O)OCC(=O)Nc3ccc([N+](=O)[O-])cc3)cc2)o1. The van der Waals surface area contributed by atoms with Gasteiger partial charge in [-0.25, -0.2) is 4.79 Å². The number of nitro groups is 1. The smallest absolute Gasteiger partial charge is 0.338 e. The topological polar surface area (TPSA) is 129 Å². The number of ether oxygens (including phenoxy) is 1. The van der Waals surface area contributed by atoms with Crippen molar-refractivity contribution in [3.8, 4) is 11.3 Å². The van der Waals surface area contributed by atoms with Crippen molar-refractivity contribution >= 4 is 29.5 Å². The van der Waals surface area contributed by atoms with Crippen molar-refractivity contribution in [2.45, 2.75) is 0 Å². The van der Waals surface area contributed by atoms with Gasteiger partial charge in [0, 0.05) is 23.4 Å². The predicted molar refractivity (Wildman–Crippen MR) is 102 cm³/mol. The van der Waals surface area contributed by atoms with E-state index in [4.69, 9.17) is 9.15 Å². The molecule has 1 N–H and O–H groups in total. The van der Waals surface area contributed by atoms with Gasteiger partial charge in [0.25, 0.3) is 11.6 Å². The van der Waals surface area contributed by atoms with Crippen LogP contribution >= 0.6 is 0 Å². The van der Waals surface area contributed by atoms with Crippen LogP contribution in [0.1, 0.15) is 20.9 Å². The van der Waals surface area contributed by atoms with E-state index in [9.17, 15) is 24.5 Å². The molecule has 146 valence electrons. The Hall–Kier alpha value is -4.27. The third kappa shape index (κ3) is 4.92. The average molecular weight is 394 g/mol. The second-order valence-electron chi connectivity index (χ2n) is 5.83. The molecular weight excluding hydrogens is 380 g/mol. The zero-order valence-corrected chi connectivity index (χ0v) is 14.9. The molecule has 0 unspecified atom stereocenters. The number of rotatable bonds is 7. The van der Waals surface area contributed by atoms with Crippen molar-refractivity contribution in [1.29, 1.82) is 0 Å². The molecule has 0 atom stereocenters. The molecule has 0 aliphatic heterocycles. The van der Waals surface area contributed by atoms with E-state index in [-0.39, 0.29) is 17.0 Å². The third-order valence-electron chi connectivity index (χ3n) is 3.84. The minimum Gasteiger partial charge on any atom is -0.453 e. The summed E-state index contributed by atoms with van der Waals surface area (Å²) < 4.78 is 10.3. The number of hydrogen-bond donors (Lipinski definition) is 1. The summed E-state index contributed by atoms with van der Waals surface area (Å²) in [6.07, 6.45) is 0.594. The first kappa shape index (κ1) is 19.5. The highest BCUT2D eigenvalue weighted by Crippen LogP contribution is 2.22. The van der Waals surface area contributed by atoms with E-state index in [0.717, 1.165) is 0 Å². The lowest BCUT2D eigenvalue weighted by atomic mass is 10.1. The highest BCUT2D eigenvalue weighted by atomic mass is 16.6. The normalized spacial score (nSPS) is 10.2. The maximum Gasteiger partial charge on any atom is 0.338 e. The number of aldehydes is 1. The van der Waals surface area contributed by atoms with Crippen LogP contribution in [0.2, 0.25) is 0 Å². The molecule has 0 saturated carbocycles. The van der Waals surface area contributed by atoms with E-state index in [1.807, 2.05) is 0 Å². The van der Waals surface area contributed by atoms with Crippen LogP contribution in [0.4, 0.5) is 11.4 Å². The minimum absolute atomic E-state index is 0.102. The molecule has 1 heterocycles. The van der Waals surface area contributed by atoms with Crippen molar-refractivity contribution in [2.24, 2.45) is 0 Å². The number of carbonyl (C=O) groups excluding carboxylic acids is 3. The van der Waals surface area contributed by atoms with Gasteiger partial charge >= 0.3 is 5.97 Å². The number of non-ortho nitro benzene ring substituents is 1. The highest BCUT2D eigenvalue weighted by molar-refractivity contribution is 5.95. The molecule has 0 aliphatic rings. The van der Waals surface area contributed by atoms with Crippen molar-refractivity contribution in [1.82, 2.24) is 0 Å². The molecule has 3 rings (SSSR count). The fourth-order valence-electron chi connectivity index (χ4n) is 2.42. The van der Waals surface area contributed by atoms with E-state index in [1.54, 1.807) is 18.2 Å². The molecule has 0 spiro atoms. The highest BCUT2D eigenvalue weighted by Gasteiger charge is 2.12. The molecule has 9 heteroatoms. The molecule has 9 nitrogen and oxygen atoms in total. The number of nitrogens with zero attached hydrogens (tertiary/aromatic N) is 1. The molecule has 3 aromatic rings. The fraction of sp³-hybridized carbons (Fsp3) is 0.0500. The fourth-order valence-corrected chi connectivity index (χ4v) is 2.42. The Bertz CT molecular complexity index is 1050. The lowest BCUT2D eigenvalue weighted by Gasteiger charge is -2.07. The standard InChI is InChI=1S/C20H14N2O7/c23-11-17-9-10-18(29-17)13-1-3-14(4-2-13)20(25)28-12-19(24)21-15-5-7-16(8-6-15)22(26)27/h1-11H,12H2,(H,21,24). The Labute approximate surface area is 164 Å². The van der Waals surface area contributed by atoms with Gasteiger partial charge < -0.3 is 14.5 Å². The van der Waals surface area contributed by atoms with Gasteiger partial charge in [-0.3, -0.25) is 19.7 Å². The van der Waals surface area contributed by atoms with Crippen molar-refractivity contribution in [2.75, 3.05) is 11.9 Å². The summed E-state index contributed by atoms with van der Waals surface area (Å²) in [5.41, 5.74) is 1.15. The third-order valence-corrected chi connectivity index (χ3v) is 3.84.